The van der Waals surface area contributed by atoms with E-state index in [4.69, 9.17) is 4.74 Å². The van der Waals surface area contributed by atoms with Gasteiger partial charge in [0.25, 0.3) is 5.91 Å². The number of aromatic nitrogens is 2. The number of H-pyrrole nitrogens is 1. The van der Waals surface area contributed by atoms with Crippen LogP contribution in [0.3, 0.4) is 0 Å². The maximum Gasteiger partial charge on any atom is 0.331 e. The number of carbonyl (C=O) groups excluding carboxylic acids is 1. The lowest BCUT2D eigenvalue weighted by Crippen LogP contribution is -2.35. The molecule has 0 radical (unpaired) electrons. The zero-order valence-electron chi connectivity index (χ0n) is 13.4. The Bertz CT molecular complexity index is 732. The van der Waals surface area contributed by atoms with Crippen LogP contribution in [0.1, 0.15) is 38.9 Å². The van der Waals surface area contributed by atoms with Crippen LogP contribution in [0, 0.1) is 20.8 Å². The third-order valence-corrected chi connectivity index (χ3v) is 3.68. The number of hydrogen-bond donors (Lipinski definition) is 3. The van der Waals surface area contributed by atoms with Crippen LogP contribution in [0.25, 0.3) is 0 Å². The molecule has 23 heavy (non-hydrogen) atoms. The first-order valence-electron chi connectivity index (χ1n) is 7.05. The average Bonchev–Trinajstić information content (AvgIpc) is 2.83. The normalized spacial score (nSPS) is 11.8. The minimum absolute atomic E-state index is 0.319. The first-order chi connectivity index (χ1) is 10.9. The lowest BCUT2D eigenvalue weighted by Gasteiger charge is -2.17. The van der Waals surface area contributed by atoms with Gasteiger partial charge in [0, 0.05) is 11.3 Å². The molecule has 1 amide bonds. The summed E-state index contributed by atoms with van der Waals surface area (Å²) in [7, 11) is 1.46. The lowest BCUT2D eigenvalue weighted by atomic mass is 10.0. The van der Waals surface area contributed by atoms with Crippen LogP contribution >= 0.6 is 0 Å². The van der Waals surface area contributed by atoms with E-state index in [1.165, 1.54) is 7.11 Å². The zero-order valence-corrected chi connectivity index (χ0v) is 13.4. The summed E-state index contributed by atoms with van der Waals surface area (Å²) in [6.07, 6.45) is 0. The Kier molecular flexibility index (Phi) is 4.68. The highest BCUT2D eigenvalue weighted by Gasteiger charge is 2.29. The Balaban J connectivity index is 2.39. The number of benzene rings is 1. The van der Waals surface area contributed by atoms with E-state index in [9.17, 15) is 14.7 Å². The van der Waals surface area contributed by atoms with Crippen molar-refractivity contribution < 1.29 is 19.4 Å². The van der Waals surface area contributed by atoms with Crippen molar-refractivity contribution >= 4 is 11.9 Å². The van der Waals surface area contributed by atoms with Gasteiger partial charge in [-0.3, -0.25) is 9.89 Å². The van der Waals surface area contributed by atoms with Crippen LogP contribution in [-0.4, -0.2) is 34.3 Å². The van der Waals surface area contributed by atoms with Crippen LogP contribution in [0.2, 0.25) is 0 Å². The molecule has 1 aromatic heterocycles. The van der Waals surface area contributed by atoms with Crippen molar-refractivity contribution in [3.8, 4) is 5.75 Å². The van der Waals surface area contributed by atoms with Crippen molar-refractivity contribution in [1.82, 2.24) is 15.5 Å². The second-order valence-electron chi connectivity index (χ2n) is 5.24. The number of hydrogen-bond acceptors (Lipinski definition) is 4. The van der Waals surface area contributed by atoms with Gasteiger partial charge >= 0.3 is 5.97 Å². The van der Waals surface area contributed by atoms with Crippen molar-refractivity contribution in [2.24, 2.45) is 0 Å². The molecule has 1 atom stereocenters. The third kappa shape index (κ3) is 3.18. The van der Waals surface area contributed by atoms with Crippen LogP contribution in [0.5, 0.6) is 5.75 Å². The average molecular weight is 317 g/mol. The number of nitrogens with zero attached hydrogens (tertiary/aromatic N) is 1. The van der Waals surface area contributed by atoms with Crippen molar-refractivity contribution in [1.29, 1.82) is 0 Å². The van der Waals surface area contributed by atoms with Gasteiger partial charge in [0.1, 0.15) is 5.75 Å². The highest BCUT2D eigenvalue weighted by molar-refractivity contribution is 6.00. The molecule has 0 saturated carbocycles. The Hall–Kier alpha value is -2.83. The minimum Gasteiger partial charge on any atom is -0.496 e. The quantitative estimate of drug-likeness (QED) is 0.781. The summed E-state index contributed by atoms with van der Waals surface area (Å²) in [5.74, 6) is -1.27. The Morgan fingerprint density at radius 2 is 2.00 bits per heavy atom. The first-order valence-corrected chi connectivity index (χ1v) is 7.05. The molecule has 7 nitrogen and oxygen atoms in total. The molecule has 1 aromatic carbocycles. The molecule has 0 fully saturated rings. The summed E-state index contributed by atoms with van der Waals surface area (Å²) in [5.41, 5.74) is 2.61. The van der Waals surface area contributed by atoms with E-state index in [0.717, 1.165) is 0 Å². The summed E-state index contributed by atoms with van der Waals surface area (Å²) in [6.45, 7) is 5.17. The van der Waals surface area contributed by atoms with Crippen molar-refractivity contribution in [3.05, 3.63) is 46.3 Å². The maximum absolute atomic E-state index is 12.6. The monoisotopic (exact) mass is 317 g/mol. The molecule has 1 unspecified atom stereocenters. The summed E-state index contributed by atoms with van der Waals surface area (Å²) in [6, 6.07) is 4.00. The SMILES string of the molecule is COc1cccc(C)c1C(=O)NC(C(=O)O)c1c(C)n[nH]c1C. The third-order valence-electron chi connectivity index (χ3n) is 3.68. The molecule has 0 aliphatic heterocycles. The summed E-state index contributed by atoms with van der Waals surface area (Å²) < 4.78 is 5.20. The standard InChI is InChI=1S/C16H19N3O4/c1-8-6-5-7-11(23-4)12(8)15(20)17-14(16(21)22)13-9(2)18-19-10(13)3/h5-7,14H,1-4H3,(H,17,20)(H,18,19)(H,21,22). The van der Waals surface area contributed by atoms with Gasteiger partial charge in [-0.2, -0.15) is 5.10 Å². The van der Waals surface area contributed by atoms with Gasteiger partial charge in [-0.05, 0) is 32.4 Å². The fourth-order valence-electron chi connectivity index (χ4n) is 2.55. The number of nitrogens with one attached hydrogen (secondary N) is 2. The maximum atomic E-state index is 12.6. The number of aryl methyl sites for hydroxylation is 3. The molecule has 2 aromatic rings. The van der Waals surface area contributed by atoms with Crippen molar-refractivity contribution in [2.45, 2.75) is 26.8 Å². The molecule has 0 aliphatic carbocycles. The molecule has 2 rings (SSSR count). The van der Waals surface area contributed by atoms with Gasteiger partial charge < -0.3 is 15.2 Å². The predicted molar refractivity (Wildman–Crippen MR) is 83.6 cm³/mol. The van der Waals surface area contributed by atoms with Gasteiger partial charge in [0.05, 0.1) is 18.4 Å². The van der Waals surface area contributed by atoms with Gasteiger partial charge in [0.2, 0.25) is 0 Å². The molecule has 0 bridgehead atoms. The number of carboxylic acid groups (broad SMARTS) is 1. The van der Waals surface area contributed by atoms with E-state index in [1.807, 2.05) is 0 Å². The summed E-state index contributed by atoms with van der Waals surface area (Å²) >= 11 is 0. The molecular formula is C16H19N3O4. The summed E-state index contributed by atoms with van der Waals surface area (Å²) in [4.78, 5) is 24.2. The van der Waals surface area contributed by atoms with Gasteiger partial charge in [-0.15, -0.1) is 0 Å². The highest BCUT2D eigenvalue weighted by atomic mass is 16.5. The topological polar surface area (TPSA) is 104 Å². The number of aromatic amines is 1. The Morgan fingerprint density at radius 1 is 1.30 bits per heavy atom. The van der Waals surface area contributed by atoms with Gasteiger partial charge in [-0.1, -0.05) is 12.1 Å². The van der Waals surface area contributed by atoms with E-state index in [0.29, 0.717) is 33.8 Å². The molecule has 7 heteroatoms. The van der Waals surface area contributed by atoms with Crippen LogP contribution < -0.4 is 10.1 Å². The largest absolute Gasteiger partial charge is 0.496 e. The molecule has 0 spiro atoms. The fraction of sp³-hybridized carbons (Fsp3) is 0.312. The van der Waals surface area contributed by atoms with Gasteiger partial charge in [-0.25, -0.2) is 4.79 Å². The van der Waals surface area contributed by atoms with Crippen LogP contribution in [0.4, 0.5) is 0 Å². The minimum atomic E-state index is -1.19. The molecule has 0 saturated heterocycles. The van der Waals surface area contributed by atoms with E-state index in [2.05, 4.69) is 15.5 Å². The molecule has 3 N–H and O–H groups in total. The second kappa shape index (κ2) is 6.51. The molecule has 0 aliphatic rings. The number of aliphatic carboxylic acids is 1. The Morgan fingerprint density at radius 3 is 2.52 bits per heavy atom. The number of rotatable bonds is 5. The summed E-state index contributed by atoms with van der Waals surface area (Å²) in [5, 5.41) is 18.8. The molecule has 1 heterocycles. The zero-order chi connectivity index (χ0) is 17.1. The Labute approximate surface area is 133 Å². The number of carboxylic acids is 1. The second-order valence-corrected chi connectivity index (χ2v) is 5.24. The number of amides is 1. The predicted octanol–water partition coefficient (Wildman–Crippen LogP) is 1.90. The lowest BCUT2D eigenvalue weighted by molar-refractivity contribution is -0.139. The van der Waals surface area contributed by atoms with Crippen LogP contribution in [0.15, 0.2) is 18.2 Å². The van der Waals surface area contributed by atoms with E-state index >= 15 is 0 Å². The molecular weight excluding hydrogens is 298 g/mol. The van der Waals surface area contributed by atoms with Crippen molar-refractivity contribution in [3.63, 3.8) is 0 Å². The van der Waals surface area contributed by atoms with Crippen molar-refractivity contribution in [2.75, 3.05) is 7.11 Å². The fourth-order valence-corrected chi connectivity index (χ4v) is 2.55. The first kappa shape index (κ1) is 16.5. The number of carbonyl (C=O) groups is 2. The van der Waals surface area contributed by atoms with Crippen LogP contribution in [-0.2, 0) is 4.79 Å². The van der Waals surface area contributed by atoms with E-state index in [1.54, 1.807) is 39.0 Å². The number of methoxy groups -OCH3 is 1. The van der Waals surface area contributed by atoms with Gasteiger partial charge in [0.15, 0.2) is 6.04 Å². The van der Waals surface area contributed by atoms with E-state index < -0.39 is 17.9 Å². The smallest absolute Gasteiger partial charge is 0.331 e. The molecule has 122 valence electrons. The van der Waals surface area contributed by atoms with E-state index in [-0.39, 0.29) is 0 Å². The highest BCUT2D eigenvalue weighted by Crippen LogP contribution is 2.24. The number of ether oxygens (including phenoxy) is 1.